The third kappa shape index (κ3) is 3.18. The highest BCUT2D eigenvalue weighted by atomic mass is 19.1. The van der Waals surface area contributed by atoms with Gasteiger partial charge in [-0.25, -0.2) is 4.39 Å². The Bertz CT molecular complexity index is 467. The number of hydrogen-bond donors (Lipinski definition) is 2. The maximum atomic E-state index is 12.8. The van der Waals surface area contributed by atoms with Crippen LogP contribution in [0.25, 0.3) is 0 Å². The molecule has 1 aromatic carbocycles. The number of aliphatic hydroxyl groups excluding tert-OH is 1. The Morgan fingerprint density at radius 3 is 2.61 bits per heavy atom. The number of aliphatic hydroxyl groups is 1. The molecule has 4 heteroatoms. The molecule has 2 N–H and O–H groups in total. The van der Waals surface area contributed by atoms with Crippen molar-refractivity contribution in [2.24, 2.45) is 0 Å². The van der Waals surface area contributed by atoms with E-state index in [-0.39, 0.29) is 11.9 Å². The first-order valence-electron chi connectivity index (χ1n) is 5.86. The van der Waals surface area contributed by atoms with Crippen molar-refractivity contribution in [2.75, 3.05) is 0 Å². The van der Waals surface area contributed by atoms with Gasteiger partial charge in [-0.2, -0.15) is 0 Å². The number of hydrogen-bond acceptors (Lipinski definition) is 3. The van der Waals surface area contributed by atoms with Gasteiger partial charge in [0.15, 0.2) is 0 Å². The van der Waals surface area contributed by atoms with E-state index in [4.69, 9.17) is 4.42 Å². The van der Waals surface area contributed by atoms with Crippen LogP contribution in [-0.2, 0) is 6.54 Å². The fourth-order valence-electron chi connectivity index (χ4n) is 1.74. The van der Waals surface area contributed by atoms with Crippen molar-refractivity contribution in [3.63, 3.8) is 0 Å². The second-order valence-corrected chi connectivity index (χ2v) is 4.25. The Balaban J connectivity index is 1.91. The molecule has 0 fully saturated rings. The maximum absolute atomic E-state index is 12.8. The molecule has 0 radical (unpaired) electrons. The first-order valence-corrected chi connectivity index (χ1v) is 5.86. The van der Waals surface area contributed by atoms with Crippen LogP contribution >= 0.6 is 0 Å². The Morgan fingerprint density at radius 2 is 2.00 bits per heavy atom. The molecule has 0 bridgehead atoms. The molecule has 1 heterocycles. The van der Waals surface area contributed by atoms with Crippen LogP contribution in [0.1, 0.15) is 24.4 Å². The van der Waals surface area contributed by atoms with Gasteiger partial charge < -0.3 is 14.8 Å². The molecule has 0 amide bonds. The third-order valence-corrected chi connectivity index (χ3v) is 2.86. The van der Waals surface area contributed by atoms with E-state index in [2.05, 4.69) is 5.32 Å². The van der Waals surface area contributed by atoms with Gasteiger partial charge in [-0.05, 0) is 36.8 Å². The average Bonchev–Trinajstić information content (AvgIpc) is 2.89. The quantitative estimate of drug-likeness (QED) is 0.856. The number of nitrogens with one attached hydrogen (secondary N) is 1. The van der Waals surface area contributed by atoms with Crippen LogP contribution in [0.5, 0.6) is 0 Å². The van der Waals surface area contributed by atoms with E-state index in [0.29, 0.717) is 12.1 Å². The van der Waals surface area contributed by atoms with Crippen molar-refractivity contribution in [2.45, 2.75) is 25.6 Å². The average molecular weight is 249 g/mol. The van der Waals surface area contributed by atoms with Crippen molar-refractivity contribution in [3.05, 3.63) is 59.8 Å². The normalized spacial score (nSPS) is 14.4. The van der Waals surface area contributed by atoms with Crippen LogP contribution in [0.2, 0.25) is 0 Å². The van der Waals surface area contributed by atoms with E-state index in [1.165, 1.54) is 12.1 Å². The van der Waals surface area contributed by atoms with Crippen molar-refractivity contribution in [1.29, 1.82) is 0 Å². The predicted octanol–water partition coefficient (Wildman–Crippen LogP) is 2.63. The lowest BCUT2D eigenvalue weighted by Gasteiger charge is -2.20. The summed E-state index contributed by atoms with van der Waals surface area (Å²) in [5.41, 5.74) is 0.691. The van der Waals surface area contributed by atoms with Gasteiger partial charge in [0.05, 0.1) is 18.9 Å². The van der Waals surface area contributed by atoms with Crippen LogP contribution in [-0.4, -0.2) is 11.1 Å². The minimum Gasteiger partial charge on any atom is -0.468 e. The molecule has 0 saturated heterocycles. The van der Waals surface area contributed by atoms with Crippen molar-refractivity contribution in [3.8, 4) is 0 Å². The van der Waals surface area contributed by atoms with Gasteiger partial charge in [0.1, 0.15) is 11.6 Å². The largest absolute Gasteiger partial charge is 0.468 e. The molecule has 2 rings (SSSR count). The maximum Gasteiger partial charge on any atom is 0.123 e. The van der Waals surface area contributed by atoms with E-state index in [0.717, 1.165) is 5.76 Å². The lowest BCUT2D eigenvalue weighted by molar-refractivity contribution is 0.134. The molecule has 96 valence electrons. The lowest BCUT2D eigenvalue weighted by atomic mass is 10.0. The van der Waals surface area contributed by atoms with Crippen molar-refractivity contribution >= 4 is 0 Å². The Morgan fingerprint density at radius 1 is 1.28 bits per heavy atom. The predicted molar refractivity (Wildman–Crippen MR) is 66.4 cm³/mol. The zero-order chi connectivity index (χ0) is 13.0. The first-order chi connectivity index (χ1) is 8.66. The van der Waals surface area contributed by atoms with Crippen LogP contribution in [0, 0.1) is 5.82 Å². The summed E-state index contributed by atoms with van der Waals surface area (Å²) in [6.45, 7) is 2.42. The molecule has 0 aliphatic heterocycles. The van der Waals surface area contributed by atoms with E-state index in [1.54, 1.807) is 18.4 Å². The molecular weight excluding hydrogens is 233 g/mol. The van der Waals surface area contributed by atoms with Gasteiger partial charge in [0.2, 0.25) is 0 Å². The molecule has 2 unspecified atom stereocenters. The van der Waals surface area contributed by atoms with Gasteiger partial charge in [-0.15, -0.1) is 0 Å². The van der Waals surface area contributed by atoms with Crippen LogP contribution in [0.4, 0.5) is 4.39 Å². The zero-order valence-electron chi connectivity index (χ0n) is 10.1. The fourth-order valence-corrected chi connectivity index (χ4v) is 1.74. The van der Waals surface area contributed by atoms with Crippen molar-refractivity contribution < 1.29 is 13.9 Å². The Hall–Kier alpha value is -1.65. The Kier molecular flexibility index (Phi) is 4.12. The van der Waals surface area contributed by atoms with Gasteiger partial charge >= 0.3 is 0 Å². The van der Waals surface area contributed by atoms with Crippen molar-refractivity contribution in [1.82, 2.24) is 5.32 Å². The lowest BCUT2D eigenvalue weighted by Crippen LogP contribution is -2.31. The summed E-state index contributed by atoms with van der Waals surface area (Å²) in [6, 6.07) is 9.40. The Labute approximate surface area is 105 Å². The van der Waals surface area contributed by atoms with Gasteiger partial charge in [0, 0.05) is 6.04 Å². The number of furan rings is 1. The van der Waals surface area contributed by atoms with Crippen LogP contribution < -0.4 is 5.32 Å². The standard InChI is InChI=1S/C14H16FNO2/c1-10(16-9-13-3-2-8-18-13)14(17)11-4-6-12(15)7-5-11/h2-8,10,14,16-17H,9H2,1H3. The molecule has 18 heavy (non-hydrogen) atoms. The molecule has 0 aliphatic carbocycles. The zero-order valence-corrected chi connectivity index (χ0v) is 10.1. The molecule has 2 atom stereocenters. The highest BCUT2D eigenvalue weighted by Crippen LogP contribution is 2.17. The molecular formula is C14H16FNO2. The smallest absolute Gasteiger partial charge is 0.123 e. The molecule has 1 aromatic heterocycles. The van der Waals surface area contributed by atoms with E-state index in [1.807, 2.05) is 19.1 Å². The molecule has 0 saturated carbocycles. The minimum atomic E-state index is -0.680. The molecule has 0 aliphatic rings. The fraction of sp³-hybridized carbons (Fsp3) is 0.286. The van der Waals surface area contributed by atoms with Crippen LogP contribution in [0.15, 0.2) is 47.1 Å². The van der Waals surface area contributed by atoms with E-state index >= 15 is 0 Å². The summed E-state index contributed by atoms with van der Waals surface area (Å²) in [6.07, 6.45) is 0.929. The second-order valence-electron chi connectivity index (χ2n) is 4.25. The SMILES string of the molecule is CC(NCc1ccco1)C(O)c1ccc(F)cc1. The summed E-state index contributed by atoms with van der Waals surface area (Å²) in [7, 11) is 0. The van der Waals surface area contributed by atoms with Gasteiger partial charge in [-0.1, -0.05) is 12.1 Å². The third-order valence-electron chi connectivity index (χ3n) is 2.86. The summed E-state index contributed by atoms with van der Waals surface area (Å²) < 4.78 is 18.0. The molecule has 2 aromatic rings. The van der Waals surface area contributed by atoms with Crippen LogP contribution in [0.3, 0.4) is 0 Å². The monoisotopic (exact) mass is 249 g/mol. The summed E-state index contributed by atoms with van der Waals surface area (Å²) >= 11 is 0. The van der Waals surface area contributed by atoms with Gasteiger partial charge in [0.25, 0.3) is 0 Å². The molecule has 3 nitrogen and oxygen atoms in total. The minimum absolute atomic E-state index is 0.152. The highest BCUT2D eigenvalue weighted by molar-refractivity contribution is 5.19. The molecule has 0 spiro atoms. The van der Waals surface area contributed by atoms with Gasteiger partial charge in [-0.3, -0.25) is 0 Å². The van der Waals surface area contributed by atoms with E-state index in [9.17, 15) is 9.50 Å². The summed E-state index contributed by atoms with van der Waals surface area (Å²) in [4.78, 5) is 0. The highest BCUT2D eigenvalue weighted by Gasteiger charge is 2.16. The number of rotatable bonds is 5. The summed E-state index contributed by atoms with van der Waals surface area (Å²) in [5.74, 6) is 0.510. The number of halogens is 1. The second kappa shape index (κ2) is 5.80. The van der Waals surface area contributed by atoms with E-state index < -0.39 is 6.10 Å². The summed E-state index contributed by atoms with van der Waals surface area (Å²) in [5, 5.41) is 13.3. The number of benzene rings is 1. The first kappa shape index (κ1) is 12.8. The topological polar surface area (TPSA) is 45.4 Å².